The minimum Gasteiger partial charge on any atom is -0.399 e. The van der Waals surface area contributed by atoms with Crippen LogP contribution in [0.1, 0.15) is 27.7 Å². The topological polar surface area (TPSA) is 18.5 Å². The molecule has 1 saturated heterocycles. The van der Waals surface area contributed by atoms with E-state index in [-0.39, 0.29) is 18.3 Å². The lowest BCUT2D eigenvalue weighted by Crippen LogP contribution is -2.41. The molecule has 1 fully saturated rings. The summed E-state index contributed by atoms with van der Waals surface area (Å²) >= 11 is 3.64. The number of fused-ring (bicyclic) bond motifs is 1. The Kier molecular flexibility index (Phi) is 3.24. The van der Waals surface area contributed by atoms with Crippen LogP contribution in [0.4, 0.5) is 0 Å². The second-order valence-electron chi connectivity index (χ2n) is 6.31. The van der Waals surface area contributed by atoms with Crippen LogP contribution in [0.15, 0.2) is 40.9 Å². The molecule has 4 heteroatoms. The highest BCUT2D eigenvalue weighted by molar-refractivity contribution is 9.10. The van der Waals surface area contributed by atoms with Gasteiger partial charge in [-0.15, -0.1) is 0 Å². The Balaban J connectivity index is 2.05. The number of benzene rings is 2. The van der Waals surface area contributed by atoms with Crippen molar-refractivity contribution in [2.45, 2.75) is 38.9 Å². The highest BCUT2D eigenvalue weighted by atomic mass is 79.9. The largest absolute Gasteiger partial charge is 0.496 e. The lowest BCUT2D eigenvalue weighted by Gasteiger charge is -2.32. The van der Waals surface area contributed by atoms with Crippen LogP contribution in [0, 0.1) is 0 Å². The highest BCUT2D eigenvalue weighted by Crippen LogP contribution is 2.37. The standard InChI is InChI=1S/C16H18BBrO2/c1-15(2)16(3,4)20-17(19-15)13-9-11-7-5-6-8-12(11)10-14(13)18/h5-10H,1-4H3. The average Bonchev–Trinajstić information content (AvgIpc) is 2.57. The van der Waals surface area contributed by atoms with Crippen molar-refractivity contribution in [3.8, 4) is 0 Å². The third-order valence-corrected chi connectivity index (χ3v) is 5.06. The lowest BCUT2D eigenvalue weighted by atomic mass is 9.78. The number of halogens is 1. The van der Waals surface area contributed by atoms with Gasteiger partial charge in [-0.2, -0.15) is 0 Å². The maximum Gasteiger partial charge on any atom is 0.496 e. The van der Waals surface area contributed by atoms with Crippen molar-refractivity contribution in [2.75, 3.05) is 0 Å². The Hall–Kier alpha value is -0.835. The zero-order chi connectivity index (χ0) is 14.5. The van der Waals surface area contributed by atoms with Gasteiger partial charge in [0.15, 0.2) is 0 Å². The van der Waals surface area contributed by atoms with Crippen LogP contribution in [0.25, 0.3) is 10.8 Å². The highest BCUT2D eigenvalue weighted by Gasteiger charge is 2.52. The van der Waals surface area contributed by atoms with Crippen LogP contribution in [0.5, 0.6) is 0 Å². The second kappa shape index (κ2) is 4.59. The molecule has 0 spiro atoms. The summed E-state index contributed by atoms with van der Waals surface area (Å²) in [6.07, 6.45) is 0. The third-order valence-electron chi connectivity index (χ3n) is 4.37. The first-order chi connectivity index (χ1) is 9.30. The monoisotopic (exact) mass is 332 g/mol. The van der Waals surface area contributed by atoms with E-state index >= 15 is 0 Å². The fraction of sp³-hybridized carbons (Fsp3) is 0.375. The molecule has 0 unspecified atom stereocenters. The van der Waals surface area contributed by atoms with E-state index in [1.807, 2.05) is 12.1 Å². The van der Waals surface area contributed by atoms with Crippen LogP contribution in [0.2, 0.25) is 0 Å². The molecule has 104 valence electrons. The number of hydrogen-bond donors (Lipinski definition) is 0. The third kappa shape index (κ3) is 2.20. The van der Waals surface area contributed by atoms with Gasteiger partial charge < -0.3 is 9.31 Å². The quantitative estimate of drug-likeness (QED) is 0.737. The van der Waals surface area contributed by atoms with Crippen LogP contribution in [0.3, 0.4) is 0 Å². The summed E-state index contributed by atoms with van der Waals surface area (Å²) in [6.45, 7) is 8.29. The zero-order valence-electron chi connectivity index (χ0n) is 12.2. The Morgan fingerprint density at radius 3 is 1.95 bits per heavy atom. The van der Waals surface area contributed by atoms with Gasteiger partial charge in [-0.25, -0.2) is 0 Å². The fourth-order valence-corrected chi connectivity index (χ4v) is 2.93. The van der Waals surface area contributed by atoms with Gasteiger partial charge in [-0.3, -0.25) is 0 Å². The van der Waals surface area contributed by atoms with Crippen molar-refractivity contribution in [1.82, 2.24) is 0 Å². The van der Waals surface area contributed by atoms with E-state index in [1.54, 1.807) is 0 Å². The summed E-state index contributed by atoms with van der Waals surface area (Å²) in [5.74, 6) is 0. The predicted octanol–water partition coefficient (Wildman–Crippen LogP) is 3.90. The second-order valence-corrected chi connectivity index (χ2v) is 7.16. The van der Waals surface area contributed by atoms with Crippen LogP contribution in [-0.2, 0) is 9.31 Å². The molecule has 0 saturated carbocycles. The number of hydrogen-bond acceptors (Lipinski definition) is 2. The summed E-state index contributed by atoms with van der Waals surface area (Å²) in [4.78, 5) is 0. The molecule has 0 bridgehead atoms. The van der Waals surface area contributed by atoms with Crippen LogP contribution >= 0.6 is 15.9 Å². The van der Waals surface area contributed by atoms with E-state index in [4.69, 9.17) is 9.31 Å². The maximum atomic E-state index is 6.13. The molecule has 0 radical (unpaired) electrons. The Labute approximate surface area is 128 Å². The molecule has 0 aromatic heterocycles. The van der Waals surface area contributed by atoms with Crippen LogP contribution in [-0.4, -0.2) is 18.3 Å². The zero-order valence-corrected chi connectivity index (χ0v) is 13.8. The van der Waals surface area contributed by atoms with E-state index in [0.29, 0.717) is 0 Å². The van der Waals surface area contributed by atoms with E-state index < -0.39 is 0 Å². The van der Waals surface area contributed by atoms with Gasteiger partial charge in [0.1, 0.15) is 0 Å². The van der Waals surface area contributed by atoms with Crippen molar-refractivity contribution in [3.63, 3.8) is 0 Å². The van der Waals surface area contributed by atoms with Gasteiger partial charge in [0.2, 0.25) is 0 Å². The molecule has 1 aliphatic heterocycles. The Morgan fingerprint density at radius 2 is 1.40 bits per heavy atom. The molecule has 1 heterocycles. The molecular weight excluding hydrogens is 315 g/mol. The molecule has 2 aromatic carbocycles. The molecule has 1 aliphatic rings. The Bertz CT molecular complexity index is 651. The lowest BCUT2D eigenvalue weighted by molar-refractivity contribution is 0.00578. The van der Waals surface area contributed by atoms with E-state index in [2.05, 4.69) is 67.9 Å². The van der Waals surface area contributed by atoms with Crippen molar-refractivity contribution >= 4 is 39.3 Å². The summed E-state index contributed by atoms with van der Waals surface area (Å²) in [5.41, 5.74) is 0.410. The molecule has 0 N–H and O–H groups in total. The SMILES string of the molecule is CC1(C)OB(c2cc3ccccc3cc2Br)OC1(C)C. The maximum absolute atomic E-state index is 6.13. The van der Waals surface area contributed by atoms with E-state index in [0.717, 1.165) is 9.94 Å². The molecule has 2 nitrogen and oxygen atoms in total. The van der Waals surface area contributed by atoms with E-state index in [1.165, 1.54) is 10.8 Å². The van der Waals surface area contributed by atoms with Crippen molar-refractivity contribution in [3.05, 3.63) is 40.9 Å². The van der Waals surface area contributed by atoms with Gasteiger partial charge in [-0.1, -0.05) is 46.3 Å². The molecule has 20 heavy (non-hydrogen) atoms. The molecular formula is C16H18BBrO2. The van der Waals surface area contributed by atoms with Crippen molar-refractivity contribution in [2.24, 2.45) is 0 Å². The molecule has 2 aromatic rings. The molecule has 0 amide bonds. The molecule has 0 atom stereocenters. The van der Waals surface area contributed by atoms with Gasteiger partial charge in [0.05, 0.1) is 11.2 Å². The van der Waals surface area contributed by atoms with Gasteiger partial charge >= 0.3 is 7.12 Å². The molecule has 0 aliphatic carbocycles. The first-order valence-corrected chi connectivity index (χ1v) is 7.63. The summed E-state index contributed by atoms with van der Waals surface area (Å²) in [6, 6.07) is 12.6. The normalized spacial score (nSPS) is 20.6. The number of rotatable bonds is 1. The summed E-state index contributed by atoms with van der Waals surface area (Å²) in [7, 11) is -0.334. The molecule has 3 rings (SSSR count). The Morgan fingerprint density at radius 1 is 0.900 bits per heavy atom. The van der Waals surface area contributed by atoms with Crippen LogP contribution < -0.4 is 5.46 Å². The van der Waals surface area contributed by atoms with E-state index in [9.17, 15) is 0 Å². The minimum atomic E-state index is -0.334. The summed E-state index contributed by atoms with van der Waals surface area (Å²) in [5, 5.41) is 2.40. The fourth-order valence-electron chi connectivity index (χ4n) is 2.38. The van der Waals surface area contributed by atoms with Gasteiger partial charge in [-0.05, 0) is 50.0 Å². The predicted molar refractivity (Wildman–Crippen MR) is 87.4 cm³/mol. The van der Waals surface area contributed by atoms with Gasteiger partial charge in [0, 0.05) is 4.47 Å². The van der Waals surface area contributed by atoms with Gasteiger partial charge in [0.25, 0.3) is 0 Å². The first kappa shape index (κ1) is 14.1. The van der Waals surface area contributed by atoms with Crippen molar-refractivity contribution in [1.29, 1.82) is 0 Å². The summed E-state index contributed by atoms with van der Waals surface area (Å²) < 4.78 is 13.3. The average molecular weight is 333 g/mol. The van der Waals surface area contributed by atoms with Crippen molar-refractivity contribution < 1.29 is 9.31 Å². The minimum absolute atomic E-state index is 0.317. The first-order valence-electron chi connectivity index (χ1n) is 6.84. The smallest absolute Gasteiger partial charge is 0.399 e.